The maximum atomic E-state index is 9.77. The van der Waals surface area contributed by atoms with Crippen LogP contribution in [0.2, 0.25) is 0 Å². The van der Waals surface area contributed by atoms with Crippen molar-refractivity contribution in [2.24, 2.45) is 0 Å². The monoisotopic (exact) mass is 500 g/mol. The van der Waals surface area contributed by atoms with Crippen molar-refractivity contribution in [3.8, 4) is 0 Å². The fraction of sp³-hybridized carbons (Fsp3) is 0.400. The summed E-state index contributed by atoms with van der Waals surface area (Å²) in [6.07, 6.45) is -6.37. The molecule has 24 heavy (non-hydrogen) atoms. The van der Waals surface area contributed by atoms with Crippen LogP contribution in [-0.4, -0.2) is 270 Å². The first-order chi connectivity index (χ1) is 8.20. The molecule has 0 aliphatic heterocycles. The second kappa shape index (κ2) is 29.9. The van der Waals surface area contributed by atoms with Crippen molar-refractivity contribution < 1.29 is 64.3 Å². The topological polar surface area (TPSA) is 250 Å². The Labute approximate surface area is 289 Å². The van der Waals surface area contributed by atoms with Crippen LogP contribution < -0.4 is 0 Å². The van der Waals surface area contributed by atoms with Crippen molar-refractivity contribution in [2.75, 3.05) is 0 Å². The van der Waals surface area contributed by atoms with Crippen LogP contribution in [0.25, 0.3) is 0 Å². The molecule has 2 atom stereocenters. The average Bonchev–Trinajstić information content (AvgIpc) is 2.11. The van der Waals surface area contributed by atoms with Crippen LogP contribution in [0.15, 0.2) is 0 Å². The normalized spacial score (nSPS) is 10.0. The van der Waals surface area contributed by atoms with Gasteiger partial charge in [0.25, 0.3) is 0 Å². The summed E-state index contributed by atoms with van der Waals surface area (Å²) in [5.41, 5.74) is 0. The molecular formula is C5H19Ca3KNaO13P. The van der Waals surface area contributed by atoms with Crippen molar-refractivity contribution in [2.45, 2.75) is 12.2 Å². The van der Waals surface area contributed by atoms with Crippen LogP contribution in [0, 0.1) is 0 Å². The summed E-state index contributed by atoms with van der Waals surface area (Å²) in [4.78, 5) is 49.7. The molecule has 0 rings (SSSR count). The van der Waals surface area contributed by atoms with Crippen molar-refractivity contribution in [1.29, 1.82) is 0 Å². The SMILES string of the molecule is O=C(O)C(O)C(O)C(=O)O.O=C(O)O.O=P(O)(O)O.[CaH2].[CaH2].[CaH2].[KH].[NaH]. The van der Waals surface area contributed by atoms with E-state index in [1.165, 1.54) is 0 Å². The van der Waals surface area contributed by atoms with Gasteiger partial charge in [0.05, 0.1) is 0 Å². The number of carbonyl (C=O) groups is 3. The van der Waals surface area contributed by atoms with E-state index in [2.05, 4.69) is 0 Å². The van der Waals surface area contributed by atoms with E-state index in [4.69, 9.17) is 54.7 Å². The summed E-state index contributed by atoms with van der Waals surface area (Å²) in [6, 6.07) is 0. The number of rotatable bonds is 3. The molecule has 0 aromatic heterocycles. The molecule has 9 N–H and O–H groups in total. The first-order valence-corrected chi connectivity index (χ1v) is 5.28. The van der Waals surface area contributed by atoms with E-state index in [9.17, 15) is 9.59 Å². The first-order valence-electron chi connectivity index (χ1n) is 3.72. The van der Waals surface area contributed by atoms with Crippen LogP contribution in [0.5, 0.6) is 0 Å². The Bertz CT molecular complexity index is 337. The van der Waals surface area contributed by atoms with Gasteiger partial charge >= 0.3 is 220 Å². The number of carboxylic acids is 2. The van der Waals surface area contributed by atoms with Gasteiger partial charge in [0.1, 0.15) is 0 Å². The van der Waals surface area contributed by atoms with Crippen molar-refractivity contribution in [3.05, 3.63) is 0 Å². The molecule has 130 valence electrons. The zero-order valence-corrected chi connectivity index (χ0v) is 9.65. The number of hydrogen-bond acceptors (Lipinski definition) is 6. The number of aliphatic hydroxyl groups excluding tert-OH is 2. The van der Waals surface area contributed by atoms with Crippen LogP contribution in [0.4, 0.5) is 4.79 Å². The van der Waals surface area contributed by atoms with Crippen LogP contribution in [0.3, 0.4) is 0 Å². The number of aliphatic carboxylic acids is 2. The summed E-state index contributed by atoms with van der Waals surface area (Å²) < 4.78 is 8.88. The van der Waals surface area contributed by atoms with Gasteiger partial charge in [0.2, 0.25) is 0 Å². The Morgan fingerprint density at radius 2 is 0.792 bits per heavy atom. The second-order valence-corrected chi connectivity index (χ2v) is 3.39. The van der Waals surface area contributed by atoms with Gasteiger partial charge in [-0.2, -0.15) is 0 Å². The van der Waals surface area contributed by atoms with Gasteiger partial charge in [0.15, 0.2) is 12.2 Å². The zero-order valence-electron chi connectivity index (χ0n) is 8.76. The average molecular weight is 500 g/mol. The summed E-state index contributed by atoms with van der Waals surface area (Å²) in [7, 11) is -4.64. The molecule has 0 heterocycles. The molecule has 0 aliphatic rings. The Balaban J connectivity index is -0.0000000268. The third-order valence-corrected chi connectivity index (χ3v) is 0.805. The molecule has 0 fully saturated rings. The maximum absolute atomic E-state index is 9.77. The molecule has 0 amide bonds. The van der Waals surface area contributed by atoms with E-state index in [1.807, 2.05) is 0 Å². The van der Waals surface area contributed by atoms with E-state index >= 15 is 0 Å². The van der Waals surface area contributed by atoms with Crippen LogP contribution in [-0.2, 0) is 14.2 Å². The Morgan fingerprint density at radius 1 is 0.708 bits per heavy atom. The summed E-state index contributed by atoms with van der Waals surface area (Å²) in [6.45, 7) is 0. The van der Waals surface area contributed by atoms with E-state index in [-0.39, 0.29) is 194 Å². The molecule has 0 radical (unpaired) electrons. The van der Waals surface area contributed by atoms with Gasteiger partial charge in [-0.25, -0.2) is 18.9 Å². The molecular weight excluding hydrogens is 481 g/mol. The van der Waals surface area contributed by atoms with Crippen LogP contribution >= 0.6 is 7.82 Å². The molecule has 0 aromatic rings. The van der Waals surface area contributed by atoms with Gasteiger partial charge in [0, 0.05) is 0 Å². The summed E-state index contributed by atoms with van der Waals surface area (Å²) in [5, 5.41) is 46.5. The minimum absolute atomic E-state index is 0. The fourth-order valence-corrected chi connectivity index (χ4v) is 0.270. The molecule has 13 nitrogen and oxygen atoms in total. The summed E-state index contributed by atoms with van der Waals surface area (Å²) in [5.74, 6) is -3.54. The minimum atomic E-state index is -4.64. The van der Waals surface area contributed by atoms with Gasteiger partial charge in [-0.05, 0) is 0 Å². The third-order valence-electron chi connectivity index (χ3n) is 0.805. The molecule has 19 heteroatoms. The Morgan fingerprint density at radius 3 is 0.833 bits per heavy atom. The molecule has 0 saturated heterocycles. The van der Waals surface area contributed by atoms with Gasteiger partial charge in [-0.3, -0.25) is 0 Å². The Kier molecular flexibility index (Phi) is 63.9. The Hall–Kier alpha value is 4.66. The van der Waals surface area contributed by atoms with Crippen LogP contribution in [0.1, 0.15) is 0 Å². The van der Waals surface area contributed by atoms with E-state index in [0.29, 0.717) is 0 Å². The van der Waals surface area contributed by atoms with Gasteiger partial charge in [-0.1, -0.05) is 0 Å². The summed E-state index contributed by atoms with van der Waals surface area (Å²) >= 11 is 0. The second-order valence-electron chi connectivity index (χ2n) is 2.36. The predicted molar refractivity (Wildman–Crippen MR) is 92.1 cm³/mol. The number of carboxylic acid groups (broad SMARTS) is 4. The standard InChI is InChI=1S/C4H6O6.CH2O3.3Ca.K.Na.H3O4P.8H/c5-1(3(7)8)2(6)4(9)10;2-1(3)4;;;;;;1-5(2,3)4;;;;;;;;/h1-2,5-6H,(H,7,8)(H,9,10);(H2,2,3,4);;;;;;(H3,1,2,3,4);;;;;;;;. The molecule has 0 aromatic carbocycles. The van der Waals surface area contributed by atoms with Gasteiger partial charge < -0.3 is 45.3 Å². The quantitative estimate of drug-likeness (QED) is 0.129. The van der Waals surface area contributed by atoms with E-state index in [1.54, 1.807) is 0 Å². The molecule has 0 bridgehead atoms. The van der Waals surface area contributed by atoms with Crippen molar-refractivity contribution in [3.63, 3.8) is 0 Å². The third kappa shape index (κ3) is 63.2. The molecule has 0 saturated carbocycles. The number of phosphoric acid groups is 1. The predicted octanol–water partition coefficient (Wildman–Crippen LogP) is -6.87. The zero-order chi connectivity index (χ0) is 16.4. The van der Waals surface area contributed by atoms with Crippen molar-refractivity contribution >= 4 is 220 Å². The molecule has 0 spiro atoms. The first kappa shape index (κ1) is 51.4. The van der Waals surface area contributed by atoms with Gasteiger partial charge in [-0.15, -0.1) is 0 Å². The molecule has 2 unspecified atom stereocenters. The van der Waals surface area contributed by atoms with E-state index in [0.717, 1.165) is 0 Å². The van der Waals surface area contributed by atoms with Crippen molar-refractivity contribution in [1.82, 2.24) is 0 Å². The number of hydrogen-bond donors (Lipinski definition) is 9. The fourth-order valence-electron chi connectivity index (χ4n) is 0.270. The molecule has 0 aliphatic carbocycles. The van der Waals surface area contributed by atoms with E-state index < -0.39 is 38.1 Å². The number of aliphatic hydroxyl groups is 2.